The molecule has 1 unspecified atom stereocenters. The van der Waals surface area contributed by atoms with Crippen molar-refractivity contribution in [2.45, 2.75) is 33.2 Å². The molecule has 2 N–H and O–H groups in total. The Morgan fingerprint density at radius 3 is 2.38 bits per heavy atom. The Hall–Kier alpha value is -0.610. The van der Waals surface area contributed by atoms with E-state index < -0.39 is 0 Å². The van der Waals surface area contributed by atoms with E-state index in [0.29, 0.717) is 18.5 Å². The summed E-state index contributed by atoms with van der Waals surface area (Å²) in [5, 5.41) is 6.11. The molecule has 0 aliphatic heterocycles. The smallest absolute Gasteiger partial charge is 0.233 e. The SMILES string of the molecule is CC(C)CCNC(=O)CNC(C)CN(C)C. The number of amides is 1. The van der Waals surface area contributed by atoms with E-state index in [9.17, 15) is 4.79 Å². The molecule has 0 heterocycles. The molecular weight excluding hydrogens is 202 g/mol. The van der Waals surface area contributed by atoms with E-state index in [1.165, 1.54) is 0 Å². The second kappa shape index (κ2) is 8.53. The van der Waals surface area contributed by atoms with Gasteiger partial charge in [0.15, 0.2) is 0 Å². The van der Waals surface area contributed by atoms with Gasteiger partial charge < -0.3 is 15.5 Å². The minimum absolute atomic E-state index is 0.0891. The Morgan fingerprint density at radius 1 is 1.25 bits per heavy atom. The Morgan fingerprint density at radius 2 is 1.88 bits per heavy atom. The van der Waals surface area contributed by atoms with Crippen molar-refractivity contribution in [3.8, 4) is 0 Å². The average molecular weight is 229 g/mol. The van der Waals surface area contributed by atoms with Crippen LogP contribution in [-0.2, 0) is 4.79 Å². The Kier molecular flexibility index (Phi) is 8.21. The zero-order valence-electron chi connectivity index (χ0n) is 11.3. The van der Waals surface area contributed by atoms with E-state index >= 15 is 0 Å². The minimum Gasteiger partial charge on any atom is -0.355 e. The number of nitrogens with zero attached hydrogens (tertiary/aromatic N) is 1. The zero-order valence-corrected chi connectivity index (χ0v) is 11.3. The monoisotopic (exact) mass is 229 g/mol. The van der Waals surface area contributed by atoms with Gasteiger partial charge in [0, 0.05) is 19.1 Å². The number of hydrogen-bond donors (Lipinski definition) is 2. The summed E-state index contributed by atoms with van der Waals surface area (Å²) in [7, 11) is 4.06. The Bertz CT molecular complexity index is 193. The highest BCUT2D eigenvalue weighted by molar-refractivity contribution is 5.77. The molecule has 0 aromatic rings. The Balaban J connectivity index is 3.49. The topological polar surface area (TPSA) is 44.4 Å². The summed E-state index contributed by atoms with van der Waals surface area (Å²) >= 11 is 0. The molecule has 96 valence electrons. The second-order valence-electron chi connectivity index (χ2n) is 5.08. The minimum atomic E-state index is 0.0891. The molecule has 0 aromatic heterocycles. The van der Waals surface area contributed by atoms with Crippen molar-refractivity contribution in [2.75, 3.05) is 33.7 Å². The molecule has 0 spiro atoms. The van der Waals surface area contributed by atoms with E-state index in [2.05, 4.69) is 36.3 Å². The van der Waals surface area contributed by atoms with Crippen molar-refractivity contribution >= 4 is 5.91 Å². The van der Waals surface area contributed by atoms with Crippen LogP contribution in [0, 0.1) is 5.92 Å². The van der Waals surface area contributed by atoms with Crippen LogP contribution < -0.4 is 10.6 Å². The molecule has 0 aliphatic rings. The molecule has 0 radical (unpaired) electrons. The van der Waals surface area contributed by atoms with E-state index in [4.69, 9.17) is 0 Å². The molecule has 16 heavy (non-hydrogen) atoms. The quantitative estimate of drug-likeness (QED) is 0.643. The zero-order chi connectivity index (χ0) is 12.6. The van der Waals surface area contributed by atoms with Crippen LogP contribution in [0.15, 0.2) is 0 Å². The maximum absolute atomic E-state index is 11.4. The fraction of sp³-hybridized carbons (Fsp3) is 0.917. The average Bonchev–Trinajstić information content (AvgIpc) is 2.13. The summed E-state index contributed by atoms with van der Waals surface area (Å²) in [6.07, 6.45) is 1.04. The van der Waals surface area contributed by atoms with Crippen LogP contribution in [0.3, 0.4) is 0 Å². The van der Waals surface area contributed by atoms with Crippen molar-refractivity contribution in [2.24, 2.45) is 5.92 Å². The standard InChI is InChI=1S/C12H27N3O/c1-10(2)6-7-13-12(16)8-14-11(3)9-15(4)5/h10-11,14H,6-9H2,1-5H3,(H,13,16). The van der Waals surface area contributed by atoms with Gasteiger partial charge in [-0.05, 0) is 33.4 Å². The normalized spacial score (nSPS) is 13.2. The lowest BCUT2D eigenvalue weighted by atomic mass is 10.1. The third kappa shape index (κ3) is 9.93. The fourth-order valence-corrected chi connectivity index (χ4v) is 1.44. The van der Waals surface area contributed by atoms with Crippen molar-refractivity contribution in [1.82, 2.24) is 15.5 Å². The molecule has 0 saturated carbocycles. The third-order valence-corrected chi connectivity index (χ3v) is 2.29. The van der Waals surface area contributed by atoms with Crippen LogP contribution in [0.4, 0.5) is 0 Å². The van der Waals surface area contributed by atoms with Gasteiger partial charge in [-0.2, -0.15) is 0 Å². The van der Waals surface area contributed by atoms with Crippen molar-refractivity contribution < 1.29 is 4.79 Å². The van der Waals surface area contributed by atoms with Gasteiger partial charge in [-0.3, -0.25) is 4.79 Å². The van der Waals surface area contributed by atoms with Gasteiger partial charge in [0.05, 0.1) is 6.54 Å². The number of nitrogens with one attached hydrogen (secondary N) is 2. The molecule has 0 bridgehead atoms. The lowest BCUT2D eigenvalue weighted by Gasteiger charge is -2.18. The largest absolute Gasteiger partial charge is 0.355 e. The van der Waals surface area contributed by atoms with Gasteiger partial charge in [0.2, 0.25) is 5.91 Å². The summed E-state index contributed by atoms with van der Waals surface area (Å²) < 4.78 is 0. The lowest BCUT2D eigenvalue weighted by Crippen LogP contribution is -2.42. The van der Waals surface area contributed by atoms with Crippen LogP contribution in [0.2, 0.25) is 0 Å². The highest BCUT2D eigenvalue weighted by Crippen LogP contribution is 1.95. The molecule has 4 nitrogen and oxygen atoms in total. The first-order valence-electron chi connectivity index (χ1n) is 6.06. The maximum Gasteiger partial charge on any atom is 0.233 e. The highest BCUT2D eigenvalue weighted by Gasteiger charge is 2.06. The lowest BCUT2D eigenvalue weighted by molar-refractivity contribution is -0.120. The van der Waals surface area contributed by atoms with E-state index in [-0.39, 0.29) is 5.91 Å². The van der Waals surface area contributed by atoms with E-state index in [1.807, 2.05) is 14.1 Å². The molecule has 0 aliphatic carbocycles. The first-order valence-corrected chi connectivity index (χ1v) is 6.06. The van der Waals surface area contributed by atoms with Crippen molar-refractivity contribution in [1.29, 1.82) is 0 Å². The van der Waals surface area contributed by atoms with Crippen LogP contribution in [-0.4, -0.2) is 50.6 Å². The number of carbonyl (C=O) groups excluding carboxylic acids is 1. The molecule has 0 fully saturated rings. The third-order valence-electron chi connectivity index (χ3n) is 2.29. The van der Waals surface area contributed by atoms with Gasteiger partial charge >= 0.3 is 0 Å². The number of likely N-dealkylation sites (N-methyl/N-ethyl adjacent to an activating group) is 1. The second-order valence-corrected chi connectivity index (χ2v) is 5.08. The number of carbonyl (C=O) groups is 1. The summed E-state index contributed by atoms with van der Waals surface area (Å²) in [6.45, 7) is 8.53. The molecular formula is C12H27N3O. The molecule has 0 rings (SSSR count). The number of rotatable bonds is 8. The summed E-state index contributed by atoms with van der Waals surface area (Å²) in [5.41, 5.74) is 0. The van der Waals surface area contributed by atoms with Crippen molar-refractivity contribution in [3.05, 3.63) is 0 Å². The van der Waals surface area contributed by atoms with Gasteiger partial charge in [-0.1, -0.05) is 13.8 Å². The predicted molar refractivity (Wildman–Crippen MR) is 68.5 cm³/mol. The molecule has 0 saturated heterocycles. The summed E-state index contributed by atoms with van der Waals surface area (Å²) in [4.78, 5) is 13.5. The fourth-order valence-electron chi connectivity index (χ4n) is 1.44. The molecule has 1 atom stereocenters. The highest BCUT2D eigenvalue weighted by atomic mass is 16.1. The van der Waals surface area contributed by atoms with Gasteiger partial charge in [0.25, 0.3) is 0 Å². The van der Waals surface area contributed by atoms with Gasteiger partial charge in [-0.25, -0.2) is 0 Å². The van der Waals surface area contributed by atoms with Crippen LogP contribution in [0.1, 0.15) is 27.2 Å². The Labute approximate surface area is 99.8 Å². The van der Waals surface area contributed by atoms with Crippen LogP contribution in [0.5, 0.6) is 0 Å². The van der Waals surface area contributed by atoms with E-state index in [0.717, 1.165) is 19.5 Å². The van der Waals surface area contributed by atoms with Crippen LogP contribution >= 0.6 is 0 Å². The molecule has 4 heteroatoms. The predicted octanol–water partition coefficient (Wildman–Crippen LogP) is 0.688. The first kappa shape index (κ1) is 15.4. The molecule has 1 amide bonds. The van der Waals surface area contributed by atoms with Gasteiger partial charge in [-0.15, -0.1) is 0 Å². The summed E-state index contributed by atoms with van der Waals surface area (Å²) in [6, 6.07) is 0.339. The molecule has 0 aromatic carbocycles. The van der Waals surface area contributed by atoms with E-state index in [1.54, 1.807) is 0 Å². The number of hydrogen-bond acceptors (Lipinski definition) is 3. The van der Waals surface area contributed by atoms with Crippen molar-refractivity contribution in [3.63, 3.8) is 0 Å². The van der Waals surface area contributed by atoms with Gasteiger partial charge in [0.1, 0.15) is 0 Å². The first-order chi connectivity index (χ1) is 7.41. The maximum atomic E-state index is 11.4. The van der Waals surface area contributed by atoms with Crippen LogP contribution in [0.25, 0.3) is 0 Å². The summed E-state index contributed by atoms with van der Waals surface area (Å²) in [5.74, 6) is 0.729.